The summed E-state index contributed by atoms with van der Waals surface area (Å²) in [6, 6.07) is 7.77. The van der Waals surface area contributed by atoms with Gasteiger partial charge in [-0.1, -0.05) is 18.2 Å². The molecule has 2 saturated heterocycles. The Morgan fingerprint density at radius 1 is 1.25 bits per heavy atom. The number of imidazole rings is 1. The highest BCUT2D eigenvalue weighted by molar-refractivity contribution is 5.95. The second kappa shape index (κ2) is 8.05. The van der Waals surface area contributed by atoms with Gasteiger partial charge < -0.3 is 15.0 Å². The molecule has 6 heteroatoms. The lowest BCUT2D eigenvalue weighted by Crippen LogP contribution is -2.54. The molecule has 2 aliphatic heterocycles. The number of likely N-dealkylation sites (tertiary alicyclic amines) is 2. The third kappa shape index (κ3) is 3.71. The summed E-state index contributed by atoms with van der Waals surface area (Å²) in [5, 5.41) is 10.1. The van der Waals surface area contributed by atoms with E-state index in [2.05, 4.69) is 14.9 Å². The molecule has 28 heavy (non-hydrogen) atoms. The molecule has 1 amide bonds. The number of aromatic amines is 1. The van der Waals surface area contributed by atoms with Crippen molar-refractivity contribution >= 4 is 5.91 Å². The summed E-state index contributed by atoms with van der Waals surface area (Å²) >= 11 is 0. The van der Waals surface area contributed by atoms with Crippen LogP contribution in [-0.2, 0) is 6.54 Å². The van der Waals surface area contributed by atoms with Crippen LogP contribution >= 0.6 is 0 Å². The summed E-state index contributed by atoms with van der Waals surface area (Å²) in [5.74, 6) is 0.256. The standard InChI is InChI=1S/C22H30N4O2/c1-17-4-2-3-5-20(17)21(28)26-11-8-22(18(13-26)15-27)6-9-25(10-7-22)14-19-12-23-16-24-19/h2-5,12,16,18,27H,6-11,13-15H2,1H3,(H,23,24). The summed E-state index contributed by atoms with van der Waals surface area (Å²) in [5.41, 5.74) is 3.10. The number of hydrogen-bond donors (Lipinski definition) is 2. The van der Waals surface area contributed by atoms with Gasteiger partial charge in [0.05, 0.1) is 6.33 Å². The van der Waals surface area contributed by atoms with Crippen molar-refractivity contribution in [2.24, 2.45) is 11.3 Å². The number of carbonyl (C=O) groups excluding carboxylic acids is 1. The van der Waals surface area contributed by atoms with Crippen molar-refractivity contribution in [3.8, 4) is 0 Å². The zero-order valence-corrected chi connectivity index (χ0v) is 16.6. The van der Waals surface area contributed by atoms with E-state index in [1.54, 1.807) is 6.33 Å². The third-order valence-corrected chi connectivity index (χ3v) is 6.87. The number of H-pyrrole nitrogens is 1. The predicted molar refractivity (Wildman–Crippen MR) is 108 cm³/mol. The van der Waals surface area contributed by atoms with Gasteiger partial charge in [0.2, 0.25) is 0 Å². The first-order valence-corrected chi connectivity index (χ1v) is 10.3. The Morgan fingerprint density at radius 3 is 2.68 bits per heavy atom. The maximum absolute atomic E-state index is 13.0. The number of nitrogens with one attached hydrogen (secondary N) is 1. The molecule has 0 bridgehead atoms. The minimum absolute atomic E-state index is 0.100. The Balaban J connectivity index is 1.40. The number of aryl methyl sites for hydroxylation is 1. The van der Waals surface area contributed by atoms with E-state index in [0.717, 1.165) is 62.3 Å². The maximum atomic E-state index is 13.0. The van der Waals surface area contributed by atoms with E-state index >= 15 is 0 Å². The van der Waals surface area contributed by atoms with E-state index in [1.807, 2.05) is 42.3 Å². The van der Waals surface area contributed by atoms with Crippen molar-refractivity contribution in [2.45, 2.75) is 32.7 Å². The lowest BCUT2D eigenvalue weighted by atomic mass is 9.64. The van der Waals surface area contributed by atoms with Gasteiger partial charge in [0.1, 0.15) is 0 Å². The highest BCUT2D eigenvalue weighted by Gasteiger charge is 2.45. The van der Waals surface area contributed by atoms with Crippen LogP contribution in [0.3, 0.4) is 0 Å². The normalized spacial score (nSPS) is 22.5. The number of aromatic nitrogens is 2. The monoisotopic (exact) mass is 382 g/mol. The summed E-state index contributed by atoms with van der Waals surface area (Å²) in [6.45, 7) is 6.53. The van der Waals surface area contributed by atoms with E-state index in [0.29, 0.717) is 6.54 Å². The van der Waals surface area contributed by atoms with E-state index in [4.69, 9.17) is 0 Å². The molecule has 0 radical (unpaired) electrons. The number of nitrogens with zero attached hydrogens (tertiary/aromatic N) is 3. The fourth-order valence-electron chi connectivity index (χ4n) is 4.96. The zero-order chi connectivity index (χ0) is 19.6. The number of aliphatic hydroxyl groups is 1. The van der Waals surface area contributed by atoms with Crippen LogP contribution in [-0.4, -0.2) is 63.6 Å². The van der Waals surface area contributed by atoms with Crippen molar-refractivity contribution < 1.29 is 9.90 Å². The minimum Gasteiger partial charge on any atom is -0.396 e. The summed E-state index contributed by atoms with van der Waals surface area (Å²) in [7, 11) is 0. The first-order chi connectivity index (χ1) is 13.6. The molecule has 1 aromatic carbocycles. The molecule has 2 fully saturated rings. The Hall–Kier alpha value is -2.18. The Labute approximate surface area is 166 Å². The predicted octanol–water partition coefficient (Wildman–Crippen LogP) is 2.45. The lowest BCUT2D eigenvalue weighted by Gasteiger charge is -2.51. The van der Waals surface area contributed by atoms with Gasteiger partial charge in [-0.2, -0.15) is 0 Å². The van der Waals surface area contributed by atoms with Crippen LogP contribution in [0.25, 0.3) is 0 Å². The Bertz CT molecular complexity index is 797. The van der Waals surface area contributed by atoms with Crippen LogP contribution < -0.4 is 0 Å². The molecular weight excluding hydrogens is 352 g/mol. The van der Waals surface area contributed by atoms with Gasteiger partial charge in [0, 0.05) is 49.6 Å². The number of benzene rings is 1. The summed E-state index contributed by atoms with van der Waals surface area (Å²) in [4.78, 5) is 24.7. The molecule has 4 rings (SSSR count). The largest absolute Gasteiger partial charge is 0.396 e. The Kier molecular flexibility index (Phi) is 5.51. The van der Waals surface area contributed by atoms with Gasteiger partial charge in [0.15, 0.2) is 0 Å². The highest BCUT2D eigenvalue weighted by Crippen LogP contribution is 2.45. The molecule has 1 aromatic heterocycles. The van der Waals surface area contributed by atoms with E-state index in [1.165, 1.54) is 0 Å². The molecule has 1 unspecified atom stereocenters. The van der Waals surface area contributed by atoms with Crippen LogP contribution in [0.15, 0.2) is 36.8 Å². The maximum Gasteiger partial charge on any atom is 0.254 e. The first kappa shape index (κ1) is 19.2. The third-order valence-electron chi connectivity index (χ3n) is 6.87. The van der Waals surface area contributed by atoms with Crippen molar-refractivity contribution in [1.29, 1.82) is 0 Å². The van der Waals surface area contributed by atoms with Crippen molar-refractivity contribution in [2.75, 3.05) is 32.8 Å². The second-order valence-corrected chi connectivity index (χ2v) is 8.41. The van der Waals surface area contributed by atoms with Gasteiger partial charge >= 0.3 is 0 Å². The van der Waals surface area contributed by atoms with Crippen LogP contribution in [0.5, 0.6) is 0 Å². The highest BCUT2D eigenvalue weighted by atomic mass is 16.3. The molecular formula is C22H30N4O2. The van der Waals surface area contributed by atoms with Gasteiger partial charge in [-0.15, -0.1) is 0 Å². The summed E-state index contributed by atoms with van der Waals surface area (Å²) in [6.07, 6.45) is 6.76. The van der Waals surface area contributed by atoms with Crippen LogP contribution in [0, 0.1) is 18.3 Å². The lowest BCUT2D eigenvalue weighted by molar-refractivity contribution is -0.0366. The van der Waals surface area contributed by atoms with Crippen LogP contribution in [0.4, 0.5) is 0 Å². The van der Waals surface area contributed by atoms with Crippen LogP contribution in [0.1, 0.15) is 40.9 Å². The fourth-order valence-corrected chi connectivity index (χ4v) is 4.96. The zero-order valence-electron chi connectivity index (χ0n) is 16.6. The number of piperidine rings is 2. The van der Waals surface area contributed by atoms with Crippen molar-refractivity contribution in [3.05, 3.63) is 53.6 Å². The van der Waals surface area contributed by atoms with Gasteiger partial charge in [0.25, 0.3) is 5.91 Å². The molecule has 150 valence electrons. The topological polar surface area (TPSA) is 72.5 Å². The number of rotatable bonds is 4. The molecule has 2 aromatic rings. The molecule has 0 saturated carbocycles. The molecule has 6 nitrogen and oxygen atoms in total. The molecule has 2 aliphatic rings. The first-order valence-electron chi connectivity index (χ1n) is 10.3. The number of amides is 1. The summed E-state index contributed by atoms with van der Waals surface area (Å²) < 4.78 is 0. The van der Waals surface area contributed by atoms with Crippen molar-refractivity contribution in [1.82, 2.24) is 19.8 Å². The van der Waals surface area contributed by atoms with E-state index in [9.17, 15) is 9.90 Å². The van der Waals surface area contributed by atoms with Crippen molar-refractivity contribution in [3.63, 3.8) is 0 Å². The van der Waals surface area contributed by atoms with E-state index < -0.39 is 0 Å². The number of carbonyl (C=O) groups is 1. The smallest absolute Gasteiger partial charge is 0.254 e. The quantitative estimate of drug-likeness (QED) is 0.852. The molecule has 0 aliphatic carbocycles. The minimum atomic E-state index is 0.100. The SMILES string of the molecule is Cc1ccccc1C(=O)N1CCC2(CCN(Cc3cnc[nH]3)CC2)C(CO)C1. The average Bonchev–Trinajstić information content (AvgIpc) is 3.23. The molecule has 2 N–H and O–H groups in total. The van der Waals surface area contributed by atoms with Crippen LogP contribution in [0.2, 0.25) is 0 Å². The van der Waals surface area contributed by atoms with Gasteiger partial charge in [-0.25, -0.2) is 4.98 Å². The van der Waals surface area contributed by atoms with Gasteiger partial charge in [-0.3, -0.25) is 9.69 Å². The number of hydrogen-bond acceptors (Lipinski definition) is 4. The van der Waals surface area contributed by atoms with E-state index in [-0.39, 0.29) is 23.8 Å². The van der Waals surface area contributed by atoms with Gasteiger partial charge in [-0.05, 0) is 56.3 Å². The second-order valence-electron chi connectivity index (χ2n) is 8.41. The molecule has 3 heterocycles. The molecule has 1 spiro atoms. The molecule has 1 atom stereocenters. The fraction of sp³-hybridized carbons (Fsp3) is 0.545. The average molecular weight is 383 g/mol. The Morgan fingerprint density at radius 2 is 2.00 bits per heavy atom. The number of aliphatic hydroxyl groups excluding tert-OH is 1.